The van der Waals surface area contributed by atoms with Gasteiger partial charge in [-0.2, -0.15) is 0 Å². The SMILES string of the molecule is COC1OC(C)CC(O)[C@H]1O. The van der Waals surface area contributed by atoms with Crippen LogP contribution in [-0.2, 0) is 9.47 Å². The summed E-state index contributed by atoms with van der Waals surface area (Å²) < 4.78 is 10.00. The summed E-state index contributed by atoms with van der Waals surface area (Å²) in [5.74, 6) is 0. The van der Waals surface area contributed by atoms with Crippen LogP contribution in [0.4, 0.5) is 0 Å². The molecule has 2 N–H and O–H groups in total. The zero-order valence-electron chi connectivity index (χ0n) is 6.73. The first-order valence-electron chi connectivity index (χ1n) is 3.69. The van der Waals surface area contributed by atoms with Gasteiger partial charge in [0.25, 0.3) is 0 Å². The van der Waals surface area contributed by atoms with Crippen LogP contribution in [0, 0.1) is 0 Å². The lowest BCUT2D eigenvalue weighted by Gasteiger charge is -2.34. The van der Waals surface area contributed by atoms with Gasteiger partial charge in [-0.3, -0.25) is 0 Å². The minimum Gasteiger partial charge on any atom is -0.390 e. The minimum atomic E-state index is -0.920. The Morgan fingerprint density at radius 2 is 2.09 bits per heavy atom. The largest absolute Gasteiger partial charge is 0.390 e. The molecule has 0 saturated carbocycles. The molecule has 1 aliphatic heterocycles. The van der Waals surface area contributed by atoms with Gasteiger partial charge in [-0.15, -0.1) is 0 Å². The van der Waals surface area contributed by atoms with Crippen LogP contribution in [0.3, 0.4) is 0 Å². The standard InChI is InChI=1S/C7H14O4/c1-4-3-5(8)6(9)7(10-2)11-4/h4-9H,3H2,1-2H3/t4?,5?,6-,7?/m1/s1. The third-order valence-corrected chi connectivity index (χ3v) is 1.85. The van der Waals surface area contributed by atoms with E-state index in [0.717, 1.165) is 0 Å². The molecule has 0 amide bonds. The fourth-order valence-corrected chi connectivity index (χ4v) is 1.22. The van der Waals surface area contributed by atoms with Crippen molar-refractivity contribution in [1.82, 2.24) is 0 Å². The fourth-order valence-electron chi connectivity index (χ4n) is 1.22. The predicted molar refractivity (Wildman–Crippen MR) is 38.0 cm³/mol. The van der Waals surface area contributed by atoms with Crippen molar-refractivity contribution in [2.24, 2.45) is 0 Å². The van der Waals surface area contributed by atoms with Crippen molar-refractivity contribution < 1.29 is 19.7 Å². The molecule has 0 radical (unpaired) electrons. The Labute approximate surface area is 65.7 Å². The first-order valence-corrected chi connectivity index (χ1v) is 3.69. The average Bonchev–Trinajstić information content (AvgIpc) is 1.96. The molecule has 0 aliphatic carbocycles. The second-order valence-corrected chi connectivity index (χ2v) is 2.84. The molecule has 1 heterocycles. The molecule has 1 rings (SSSR count). The van der Waals surface area contributed by atoms with Crippen molar-refractivity contribution in [3.05, 3.63) is 0 Å². The number of methoxy groups -OCH3 is 1. The topological polar surface area (TPSA) is 58.9 Å². The number of ether oxygens (including phenoxy) is 2. The number of hydrogen-bond acceptors (Lipinski definition) is 4. The van der Waals surface area contributed by atoms with E-state index >= 15 is 0 Å². The maximum atomic E-state index is 9.26. The van der Waals surface area contributed by atoms with E-state index < -0.39 is 18.5 Å². The van der Waals surface area contributed by atoms with Crippen LogP contribution >= 0.6 is 0 Å². The summed E-state index contributed by atoms with van der Waals surface area (Å²) in [5, 5.41) is 18.5. The summed E-state index contributed by atoms with van der Waals surface area (Å²) in [7, 11) is 1.44. The number of rotatable bonds is 1. The van der Waals surface area contributed by atoms with Gasteiger partial charge in [0.2, 0.25) is 0 Å². The molecule has 1 saturated heterocycles. The Hall–Kier alpha value is -0.160. The lowest BCUT2D eigenvalue weighted by molar-refractivity contribution is -0.254. The average molecular weight is 162 g/mol. The van der Waals surface area contributed by atoms with Crippen LogP contribution in [0.25, 0.3) is 0 Å². The number of aliphatic hydroxyl groups excluding tert-OH is 2. The van der Waals surface area contributed by atoms with Crippen molar-refractivity contribution in [1.29, 1.82) is 0 Å². The number of aliphatic hydroxyl groups is 2. The first kappa shape index (κ1) is 8.93. The van der Waals surface area contributed by atoms with Gasteiger partial charge in [0.05, 0.1) is 12.2 Å². The van der Waals surface area contributed by atoms with E-state index in [1.54, 1.807) is 0 Å². The molecular formula is C7H14O4. The van der Waals surface area contributed by atoms with Gasteiger partial charge < -0.3 is 19.7 Å². The summed E-state index contributed by atoms with van der Waals surface area (Å²) in [6.07, 6.45) is -1.94. The van der Waals surface area contributed by atoms with E-state index in [4.69, 9.17) is 9.47 Å². The lowest BCUT2D eigenvalue weighted by atomic mass is 10.0. The third kappa shape index (κ3) is 1.90. The van der Waals surface area contributed by atoms with Crippen LogP contribution in [0.15, 0.2) is 0 Å². The molecule has 1 aliphatic rings. The summed E-state index contributed by atoms with van der Waals surface area (Å²) in [6, 6.07) is 0. The van der Waals surface area contributed by atoms with Crippen LogP contribution < -0.4 is 0 Å². The Bertz CT molecular complexity index is 128. The zero-order valence-corrected chi connectivity index (χ0v) is 6.73. The first-order chi connectivity index (χ1) is 5.15. The van der Waals surface area contributed by atoms with E-state index in [2.05, 4.69) is 0 Å². The molecule has 4 nitrogen and oxygen atoms in total. The maximum Gasteiger partial charge on any atom is 0.185 e. The minimum absolute atomic E-state index is 0.0571. The Kier molecular flexibility index (Phi) is 2.84. The van der Waals surface area contributed by atoms with Gasteiger partial charge in [0.1, 0.15) is 6.10 Å². The van der Waals surface area contributed by atoms with Crippen molar-refractivity contribution in [2.75, 3.05) is 7.11 Å². The third-order valence-electron chi connectivity index (χ3n) is 1.85. The molecule has 66 valence electrons. The van der Waals surface area contributed by atoms with Crippen molar-refractivity contribution >= 4 is 0 Å². The van der Waals surface area contributed by atoms with Gasteiger partial charge in [-0.1, -0.05) is 0 Å². The maximum absolute atomic E-state index is 9.26. The molecule has 11 heavy (non-hydrogen) atoms. The van der Waals surface area contributed by atoms with Crippen molar-refractivity contribution in [2.45, 2.75) is 37.9 Å². The molecule has 0 aromatic heterocycles. The van der Waals surface area contributed by atoms with E-state index in [-0.39, 0.29) is 6.10 Å². The molecular weight excluding hydrogens is 148 g/mol. The second-order valence-electron chi connectivity index (χ2n) is 2.84. The van der Waals surface area contributed by atoms with Crippen LogP contribution in [-0.4, -0.2) is 41.9 Å². The number of hydrogen-bond donors (Lipinski definition) is 2. The quantitative estimate of drug-likeness (QED) is 0.545. The molecule has 4 atom stereocenters. The summed E-state index contributed by atoms with van der Waals surface area (Å²) in [6.45, 7) is 1.83. The zero-order chi connectivity index (χ0) is 8.43. The normalized spacial score (nSPS) is 45.8. The highest BCUT2D eigenvalue weighted by atomic mass is 16.7. The Balaban J connectivity index is 2.51. The van der Waals surface area contributed by atoms with E-state index in [1.807, 2.05) is 6.92 Å². The molecule has 0 bridgehead atoms. The fraction of sp³-hybridized carbons (Fsp3) is 1.00. The van der Waals surface area contributed by atoms with E-state index in [1.165, 1.54) is 7.11 Å². The highest BCUT2D eigenvalue weighted by Gasteiger charge is 2.34. The predicted octanol–water partition coefficient (Wildman–Crippen LogP) is -0.510. The summed E-state index contributed by atoms with van der Waals surface area (Å²) in [5.41, 5.74) is 0. The summed E-state index contributed by atoms with van der Waals surface area (Å²) in [4.78, 5) is 0. The smallest absolute Gasteiger partial charge is 0.185 e. The van der Waals surface area contributed by atoms with Crippen molar-refractivity contribution in [3.63, 3.8) is 0 Å². The Morgan fingerprint density at radius 3 is 2.64 bits per heavy atom. The Morgan fingerprint density at radius 1 is 1.45 bits per heavy atom. The van der Waals surface area contributed by atoms with Crippen LogP contribution in [0.5, 0.6) is 0 Å². The molecule has 0 aromatic carbocycles. The summed E-state index contributed by atoms with van der Waals surface area (Å²) >= 11 is 0. The van der Waals surface area contributed by atoms with Crippen LogP contribution in [0.2, 0.25) is 0 Å². The van der Waals surface area contributed by atoms with Gasteiger partial charge in [0, 0.05) is 13.5 Å². The van der Waals surface area contributed by atoms with Gasteiger partial charge in [-0.25, -0.2) is 0 Å². The lowest BCUT2D eigenvalue weighted by Crippen LogP contribution is -2.48. The monoisotopic (exact) mass is 162 g/mol. The van der Waals surface area contributed by atoms with Gasteiger partial charge >= 0.3 is 0 Å². The van der Waals surface area contributed by atoms with Gasteiger partial charge in [-0.05, 0) is 6.92 Å². The highest BCUT2D eigenvalue weighted by molar-refractivity contribution is 4.78. The van der Waals surface area contributed by atoms with E-state index in [0.29, 0.717) is 6.42 Å². The molecule has 3 unspecified atom stereocenters. The van der Waals surface area contributed by atoms with E-state index in [9.17, 15) is 10.2 Å². The van der Waals surface area contributed by atoms with Crippen molar-refractivity contribution in [3.8, 4) is 0 Å². The highest BCUT2D eigenvalue weighted by Crippen LogP contribution is 2.19. The molecule has 4 heteroatoms. The molecule has 0 spiro atoms. The molecule has 0 aromatic rings. The second kappa shape index (κ2) is 3.49. The molecule has 1 fully saturated rings. The van der Waals surface area contributed by atoms with Crippen LogP contribution in [0.1, 0.15) is 13.3 Å². The van der Waals surface area contributed by atoms with Gasteiger partial charge in [0.15, 0.2) is 6.29 Å².